The molecule has 0 saturated heterocycles. The van der Waals surface area contributed by atoms with Gasteiger partial charge in [-0.25, -0.2) is 13.6 Å². The average Bonchev–Trinajstić information content (AvgIpc) is 1.88. The molecule has 0 fully saturated rings. The molecule has 0 aromatic carbocycles. The predicted octanol–water partition coefficient (Wildman–Crippen LogP) is -0.377. The quantitative estimate of drug-likeness (QED) is 0.549. The Kier molecular flexibility index (Phi) is 1.78. The van der Waals surface area contributed by atoms with Crippen LogP contribution in [0.15, 0.2) is 23.4 Å². The van der Waals surface area contributed by atoms with E-state index in [9.17, 15) is 8.42 Å². The lowest BCUT2D eigenvalue weighted by Crippen LogP contribution is -2.17. The molecule has 4 nitrogen and oxygen atoms in total. The van der Waals surface area contributed by atoms with E-state index in [1.165, 1.54) is 6.20 Å². The van der Waals surface area contributed by atoms with Gasteiger partial charge in [-0.2, -0.15) is 0 Å². The van der Waals surface area contributed by atoms with Crippen molar-refractivity contribution in [1.29, 1.82) is 0 Å². The monoisotopic (exact) mass is 160 g/mol. The highest BCUT2D eigenvalue weighted by Gasteiger charge is 2.10. The van der Waals surface area contributed by atoms with E-state index in [1.807, 2.05) is 0 Å². The highest BCUT2D eigenvalue weighted by atomic mass is 32.2. The molecule has 1 heterocycles. The smallest absolute Gasteiger partial charge is 0.235 e. The number of hydrogen-bond donors (Lipinski definition) is 2. The summed E-state index contributed by atoms with van der Waals surface area (Å²) in [5.41, 5.74) is 0. The Morgan fingerprint density at radius 3 is 2.60 bits per heavy atom. The van der Waals surface area contributed by atoms with E-state index >= 15 is 0 Å². The molecule has 1 aliphatic heterocycles. The van der Waals surface area contributed by atoms with Crippen molar-refractivity contribution in [2.24, 2.45) is 5.14 Å². The first-order chi connectivity index (χ1) is 4.61. The van der Waals surface area contributed by atoms with E-state index in [0.29, 0.717) is 6.42 Å². The standard InChI is InChI=1S/C5H8N2O2S/c6-10(8,9)5-2-1-3-7-4-5/h1,3-4,7H,2H2,(H2,6,8,9). The molecule has 5 heteroatoms. The summed E-state index contributed by atoms with van der Waals surface area (Å²) < 4.78 is 21.2. The van der Waals surface area contributed by atoms with Crippen molar-refractivity contribution in [1.82, 2.24) is 5.32 Å². The van der Waals surface area contributed by atoms with Crippen LogP contribution in [-0.2, 0) is 10.0 Å². The average molecular weight is 160 g/mol. The first kappa shape index (κ1) is 7.30. The Balaban J connectivity index is 2.86. The van der Waals surface area contributed by atoms with Crippen LogP contribution in [-0.4, -0.2) is 8.42 Å². The van der Waals surface area contributed by atoms with Crippen molar-refractivity contribution >= 4 is 10.0 Å². The Bertz CT molecular complexity index is 276. The van der Waals surface area contributed by atoms with E-state index in [0.717, 1.165) is 0 Å². The lowest BCUT2D eigenvalue weighted by atomic mass is 10.3. The van der Waals surface area contributed by atoms with E-state index < -0.39 is 10.0 Å². The van der Waals surface area contributed by atoms with E-state index in [-0.39, 0.29) is 4.91 Å². The van der Waals surface area contributed by atoms with Crippen molar-refractivity contribution in [3.63, 3.8) is 0 Å². The van der Waals surface area contributed by atoms with Gasteiger partial charge in [0, 0.05) is 12.6 Å². The molecule has 0 spiro atoms. The minimum Gasteiger partial charge on any atom is -0.367 e. The van der Waals surface area contributed by atoms with Gasteiger partial charge in [-0.15, -0.1) is 0 Å². The summed E-state index contributed by atoms with van der Waals surface area (Å²) in [6, 6.07) is 0. The molecule has 0 radical (unpaired) electrons. The van der Waals surface area contributed by atoms with E-state index in [4.69, 9.17) is 5.14 Å². The fraction of sp³-hybridized carbons (Fsp3) is 0.200. The maximum atomic E-state index is 10.6. The van der Waals surface area contributed by atoms with Crippen molar-refractivity contribution in [3.05, 3.63) is 23.4 Å². The third kappa shape index (κ3) is 1.58. The zero-order chi connectivity index (χ0) is 7.61. The van der Waals surface area contributed by atoms with Crippen LogP contribution < -0.4 is 10.5 Å². The fourth-order valence-corrected chi connectivity index (χ4v) is 1.20. The van der Waals surface area contributed by atoms with Crippen molar-refractivity contribution in [2.45, 2.75) is 6.42 Å². The molecule has 0 aromatic rings. The Labute approximate surface area is 59.5 Å². The molecule has 0 saturated carbocycles. The van der Waals surface area contributed by atoms with Crippen LogP contribution in [0.2, 0.25) is 0 Å². The van der Waals surface area contributed by atoms with Gasteiger partial charge in [0.2, 0.25) is 10.0 Å². The van der Waals surface area contributed by atoms with Crippen LogP contribution in [0.1, 0.15) is 6.42 Å². The molecule has 10 heavy (non-hydrogen) atoms. The summed E-state index contributed by atoms with van der Waals surface area (Å²) in [5.74, 6) is 0. The minimum absolute atomic E-state index is 0.218. The van der Waals surface area contributed by atoms with Crippen LogP contribution in [0.3, 0.4) is 0 Å². The second-order valence-electron chi connectivity index (χ2n) is 1.93. The number of rotatable bonds is 1. The van der Waals surface area contributed by atoms with Gasteiger partial charge in [-0.3, -0.25) is 0 Å². The SMILES string of the molecule is NS(=O)(=O)C1=CNC=CC1. The van der Waals surface area contributed by atoms with Crippen LogP contribution in [0.4, 0.5) is 0 Å². The first-order valence-electron chi connectivity index (χ1n) is 2.73. The Morgan fingerprint density at radius 1 is 1.60 bits per heavy atom. The maximum Gasteiger partial charge on any atom is 0.235 e. The number of allylic oxidation sites excluding steroid dienone is 2. The highest BCUT2D eigenvalue weighted by molar-refractivity contribution is 7.93. The second kappa shape index (κ2) is 2.43. The Hall–Kier alpha value is -0.810. The van der Waals surface area contributed by atoms with Gasteiger partial charge in [0.15, 0.2) is 0 Å². The number of sulfonamides is 1. The summed E-state index contributed by atoms with van der Waals surface area (Å²) in [6.45, 7) is 0. The Morgan fingerprint density at radius 2 is 2.30 bits per heavy atom. The predicted molar refractivity (Wildman–Crippen MR) is 38.1 cm³/mol. The number of nitrogens with two attached hydrogens (primary N) is 1. The maximum absolute atomic E-state index is 10.6. The van der Waals surface area contributed by atoms with Gasteiger partial charge in [0.1, 0.15) is 0 Å². The number of hydrogen-bond acceptors (Lipinski definition) is 3. The molecule has 0 unspecified atom stereocenters. The highest BCUT2D eigenvalue weighted by Crippen LogP contribution is 2.08. The molecule has 1 aliphatic rings. The zero-order valence-corrected chi connectivity index (χ0v) is 6.06. The number of nitrogens with one attached hydrogen (secondary N) is 1. The molecule has 0 aromatic heterocycles. The summed E-state index contributed by atoms with van der Waals surface area (Å²) in [6.07, 6.45) is 5.12. The lowest BCUT2D eigenvalue weighted by Gasteiger charge is -2.05. The van der Waals surface area contributed by atoms with Crippen molar-refractivity contribution in [2.75, 3.05) is 0 Å². The normalized spacial score (nSPS) is 17.9. The number of dihydropyridines is 1. The molecule has 0 amide bonds. The molecule has 56 valence electrons. The second-order valence-corrected chi connectivity index (χ2v) is 3.54. The fourth-order valence-electron chi connectivity index (χ4n) is 0.641. The van der Waals surface area contributed by atoms with Gasteiger partial charge in [-0.1, -0.05) is 6.08 Å². The van der Waals surface area contributed by atoms with Crippen molar-refractivity contribution in [3.8, 4) is 0 Å². The van der Waals surface area contributed by atoms with Crippen LogP contribution in [0.5, 0.6) is 0 Å². The zero-order valence-electron chi connectivity index (χ0n) is 5.24. The largest absolute Gasteiger partial charge is 0.367 e. The van der Waals surface area contributed by atoms with Gasteiger partial charge in [0.05, 0.1) is 4.91 Å². The topological polar surface area (TPSA) is 72.2 Å². The summed E-state index contributed by atoms with van der Waals surface area (Å²) >= 11 is 0. The van der Waals surface area contributed by atoms with E-state index in [1.54, 1.807) is 12.3 Å². The van der Waals surface area contributed by atoms with Gasteiger partial charge >= 0.3 is 0 Å². The third-order valence-electron chi connectivity index (χ3n) is 1.14. The van der Waals surface area contributed by atoms with Gasteiger partial charge < -0.3 is 5.32 Å². The van der Waals surface area contributed by atoms with Crippen LogP contribution in [0, 0.1) is 0 Å². The number of primary sulfonamides is 1. The molecule has 0 atom stereocenters. The first-order valence-corrected chi connectivity index (χ1v) is 4.28. The molecular weight excluding hydrogens is 152 g/mol. The molecular formula is C5H8N2O2S. The van der Waals surface area contributed by atoms with E-state index in [2.05, 4.69) is 5.32 Å². The minimum atomic E-state index is -3.48. The van der Waals surface area contributed by atoms with Crippen LogP contribution in [0.25, 0.3) is 0 Å². The van der Waals surface area contributed by atoms with Crippen LogP contribution >= 0.6 is 0 Å². The molecule has 3 N–H and O–H groups in total. The molecule has 0 bridgehead atoms. The summed E-state index contributed by atoms with van der Waals surface area (Å²) in [4.78, 5) is 0.218. The summed E-state index contributed by atoms with van der Waals surface area (Å²) in [5, 5.41) is 7.48. The van der Waals surface area contributed by atoms with Crippen molar-refractivity contribution < 1.29 is 8.42 Å². The molecule has 0 aliphatic carbocycles. The lowest BCUT2D eigenvalue weighted by molar-refractivity contribution is 0.602. The summed E-state index contributed by atoms with van der Waals surface area (Å²) in [7, 11) is -3.48. The third-order valence-corrected chi connectivity index (χ3v) is 2.16. The van der Waals surface area contributed by atoms with Gasteiger partial charge in [0.25, 0.3) is 0 Å². The van der Waals surface area contributed by atoms with Gasteiger partial charge in [-0.05, 0) is 6.20 Å². The molecule has 1 rings (SSSR count).